The lowest BCUT2D eigenvalue weighted by atomic mass is 9.95. The SMILES string of the molecule is C1=C=C(Nc2ccccc2C2=CC=CCC2)C(c2ccccc2)=CC=1. The van der Waals surface area contributed by atoms with Gasteiger partial charge in [0.25, 0.3) is 0 Å². The first-order chi connectivity index (χ1) is 12.4. The van der Waals surface area contributed by atoms with E-state index in [0.29, 0.717) is 0 Å². The van der Waals surface area contributed by atoms with Crippen molar-refractivity contribution in [3.63, 3.8) is 0 Å². The van der Waals surface area contributed by atoms with Crippen LogP contribution < -0.4 is 5.32 Å². The highest BCUT2D eigenvalue weighted by Crippen LogP contribution is 2.32. The van der Waals surface area contributed by atoms with Crippen molar-refractivity contribution in [3.8, 4) is 0 Å². The van der Waals surface area contributed by atoms with Crippen molar-refractivity contribution in [1.29, 1.82) is 0 Å². The highest BCUT2D eigenvalue weighted by molar-refractivity contribution is 5.87. The molecule has 120 valence electrons. The summed E-state index contributed by atoms with van der Waals surface area (Å²) in [5, 5.41) is 3.59. The van der Waals surface area contributed by atoms with Crippen LogP contribution in [0.2, 0.25) is 0 Å². The molecule has 1 N–H and O–H groups in total. The van der Waals surface area contributed by atoms with Crippen LogP contribution in [0.3, 0.4) is 0 Å². The van der Waals surface area contributed by atoms with Crippen molar-refractivity contribution in [2.75, 3.05) is 5.32 Å². The highest BCUT2D eigenvalue weighted by Gasteiger charge is 2.13. The van der Waals surface area contributed by atoms with Gasteiger partial charge in [-0.05, 0) is 47.9 Å². The minimum absolute atomic E-state index is 0.952. The molecule has 0 fully saturated rings. The van der Waals surface area contributed by atoms with Crippen LogP contribution in [0.5, 0.6) is 0 Å². The summed E-state index contributed by atoms with van der Waals surface area (Å²) in [7, 11) is 0. The van der Waals surface area contributed by atoms with Crippen LogP contribution in [0.1, 0.15) is 24.0 Å². The molecule has 2 aromatic rings. The van der Waals surface area contributed by atoms with E-state index in [9.17, 15) is 0 Å². The molecular weight excluding hydrogens is 302 g/mol. The van der Waals surface area contributed by atoms with Crippen LogP contribution in [0.25, 0.3) is 11.1 Å². The standard InChI is InChI=1S/C24H19N/c1-3-11-19(12-4-1)21-15-7-9-17-23(21)25-24-18-10-8-16-22(24)20-13-5-2-6-14-20/h1-5,7-8,10-13,15-16,18,25H,6,14H2. The fourth-order valence-corrected chi connectivity index (χ4v) is 3.18. The largest absolute Gasteiger partial charge is 0.348 e. The molecule has 2 aliphatic carbocycles. The first-order valence-corrected chi connectivity index (χ1v) is 8.62. The Labute approximate surface area is 148 Å². The first-order valence-electron chi connectivity index (χ1n) is 8.62. The Morgan fingerprint density at radius 3 is 2.56 bits per heavy atom. The molecule has 2 aromatic carbocycles. The van der Waals surface area contributed by atoms with Crippen LogP contribution in [0, 0.1) is 0 Å². The molecule has 0 aliphatic heterocycles. The van der Waals surface area contributed by atoms with Crippen LogP contribution in [-0.4, -0.2) is 0 Å². The predicted molar refractivity (Wildman–Crippen MR) is 106 cm³/mol. The number of hydrogen-bond donors (Lipinski definition) is 1. The molecule has 0 amide bonds. The zero-order valence-electron chi connectivity index (χ0n) is 14.0. The van der Waals surface area contributed by atoms with E-state index in [2.05, 4.69) is 89.6 Å². The summed E-state index contributed by atoms with van der Waals surface area (Å²) in [6.07, 6.45) is 12.7. The number of benzene rings is 2. The van der Waals surface area contributed by atoms with Gasteiger partial charge in [0.15, 0.2) is 0 Å². The van der Waals surface area contributed by atoms with E-state index in [0.717, 1.165) is 29.8 Å². The van der Waals surface area contributed by atoms with E-state index in [1.807, 2.05) is 12.1 Å². The van der Waals surface area contributed by atoms with Gasteiger partial charge >= 0.3 is 0 Å². The van der Waals surface area contributed by atoms with Crippen molar-refractivity contribution in [1.82, 2.24) is 0 Å². The topological polar surface area (TPSA) is 12.0 Å². The van der Waals surface area contributed by atoms with E-state index >= 15 is 0 Å². The van der Waals surface area contributed by atoms with Crippen molar-refractivity contribution in [3.05, 3.63) is 113 Å². The maximum absolute atomic E-state index is 3.59. The molecule has 1 nitrogen and oxygen atoms in total. The van der Waals surface area contributed by atoms with Gasteiger partial charge in [0.05, 0.1) is 5.70 Å². The van der Waals surface area contributed by atoms with E-state index in [1.165, 1.54) is 16.7 Å². The smallest absolute Gasteiger partial charge is 0.0980 e. The number of allylic oxidation sites excluding steroid dienone is 7. The molecule has 25 heavy (non-hydrogen) atoms. The van der Waals surface area contributed by atoms with Crippen LogP contribution in [0.15, 0.2) is 102 Å². The van der Waals surface area contributed by atoms with Crippen LogP contribution in [0.4, 0.5) is 5.69 Å². The second kappa shape index (κ2) is 7.11. The van der Waals surface area contributed by atoms with Gasteiger partial charge < -0.3 is 5.32 Å². The van der Waals surface area contributed by atoms with E-state index in [4.69, 9.17) is 0 Å². The van der Waals surface area contributed by atoms with Crippen LogP contribution >= 0.6 is 0 Å². The summed E-state index contributed by atoms with van der Waals surface area (Å²) in [6, 6.07) is 18.9. The molecule has 4 rings (SSSR count). The van der Waals surface area contributed by atoms with Crippen molar-refractivity contribution >= 4 is 16.8 Å². The zero-order chi connectivity index (χ0) is 16.9. The number of nitrogens with one attached hydrogen (secondary N) is 1. The van der Waals surface area contributed by atoms with Gasteiger partial charge in [-0.15, -0.1) is 0 Å². The van der Waals surface area contributed by atoms with Gasteiger partial charge in [0.2, 0.25) is 0 Å². The number of para-hydroxylation sites is 1. The number of rotatable bonds is 4. The molecule has 0 saturated carbocycles. The predicted octanol–water partition coefficient (Wildman–Crippen LogP) is 6.12. The maximum atomic E-state index is 3.59. The normalized spacial score (nSPS) is 15.4. The molecular formula is C24H19N. The van der Waals surface area contributed by atoms with Gasteiger partial charge in [0.1, 0.15) is 0 Å². The molecule has 1 heteroatoms. The minimum Gasteiger partial charge on any atom is -0.348 e. The molecule has 0 bridgehead atoms. The zero-order valence-corrected chi connectivity index (χ0v) is 14.0. The van der Waals surface area contributed by atoms with Gasteiger partial charge in [-0.25, -0.2) is 0 Å². The minimum atomic E-state index is 0.952. The Kier molecular flexibility index (Phi) is 4.35. The van der Waals surface area contributed by atoms with E-state index in [-0.39, 0.29) is 0 Å². The van der Waals surface area contributed by atoms with Gasteiger partial charge in [-0.2, -0.15) is 0 Å². The van der Waals surface area contributed by atoms with Crippen LogP contribution in [-0.2, 0) is 0 Å². The van der Waals surface area contributed by atoms with Crippen molar-refractivity contribution in [2.45, 2.75) is 12.8 Å². The average Bonchev–Trinajstić information content (AvgIpc) is 2.70. The Balaban J connectivity index is 1.70. The lowest BCUT2D eigenvalue weighted by Gasteiger charge is -2.18. The Bertz CT molecular complexity index is 974. The number of anilines is 1. The third kappa shape index (κ3) is 3.34. The van der Waals surface area contributed by atoms with Gasteiger partial charge in [-0.1, -0.05) is 72.5 Å². The summed E-state index contributed by atoms with van der Waals surface area (Å²) in [5.41, 5.74) is 13.3. The molecule has 0 aromatic heterocycles. The Morgan fingerprint density at radius 2 is 1.72 bits per heavy atom. The van der Waals surface area contributed by atoms with Crippen molar-refractivity contribution < 1.29 is 0 Å². The maximum Gasteiger partial charge on any atom is 0.0980 e. The molecule has 0 spiro atoms. The second-order valence-corrected chi connectivity index (χ2v) is 6.09. The fourth-order valence-electron chi connectivity index (χ4n) is 3.18. The van der Waals surface area contributed by atoms with Gasteiger partial charge in [0, 0.05) is 16.8 Å². The monoisotopic (exact) mass is 321 g/mol. The summed E-state index contributed by atoms with van der Waals surface area (Å²) >= 11 is 0. The summed E-state index contributed by atoms with van der Waals surface area (Å²) in [6.45, 7) is 0. The quantitative estimate of drug-likeness (QED) is 0.669. The summed E-state index contributed by atoms with van der Waals surface area (Å²) in [4.78, 5) is 0. The third-order valence-electron chi connectivity index (χ3n) is 4.43. The van der Waals surface area contributed by atoms with E-state index < -0.39 is 0 Å². The average molecular weight is 321 g/mol. The Hall–Kier alpha value is -3.24. The molecule has 0 radical (unpaired) electrons. The summed E-state index contributed by atoms with van der Waals surface area (Å²) in [5.74, 6) is 0. The highest BCUT2D eigenvalue weighted by atomic mass is 14.9. The van der Waals surface area contributed by atoms with Crippen molar-refractivity contribution in [2.24, 2.45) is 0 Å². The third-order valence-corrected chi connectivity index (χ3v) is 4.43. The van der Waals surface area contributed by atoms with Gasteiger partial charge in [-0.3, -0.25) is 0 Å². The Morgan fingerprint density at radius 1 is 0.880 bits per heavy atom. The molecule has 0 unspecified atom stereocenters. The second-order valence-electron chi connectivity index (χ2n) is 6.09. The lowest BCUT2D eigenvalue weighted by molar-refractivity contribution is 1.05. The molecule has 2 aliphatic rings. The number of hydrogen-bond acceptors (Lipinski definition) is 1. The van der Waals surface area contributed by atoms with E-state index in [1.54, 1.807) is 0 Å². The first kappa shape index (κ1) is 15.3. The summed E-state index contributed by atoms with van der Waals surface area (Å²) < 4.78 is 0. The molecule has 0 heterocycles. The molecule has 0 atom stereocenters. The molecule has 0 saturated heterocycles. The fraction of sp³-hybridized carbons (Fsp3) is 0.0833. The lowest BCUT2D eigenvalue weighted by Crippen LogP contribution is -2.05.